The van der Waals surface area contributed by atoms with Crippen molar-refractivity contribution in [2.24, 2.45) is 0 Å². The second-order valence-electron chi connectivity index (χ2n) is 3.75. The molecule has 0 amide bonds. The van der Waals surface area contributed by atoms with Gasteiger partial charge in [0.1, 0.15) is 12.4 Å². The summed E-state index contributed by atoms with van der Waals surface area (Å²) in [7, 11) is 1.20. The molecule has 0 N–H and O–H groups in total. The van der Waals surface area contributed by atoms with Crippen molar-refractivity contribution < 1.29 is 24.0 Å². The molecule has 0 fully saturated rings. The van der Waals surface area contributed by atoms with Crippen LogP contribution in [-0.2, 0) is 9.53 Å². The summed E-state index contributed by atoms with van der Waals surface area (Å²) in [6.07, 6.45) is 1.05. The number of fused-ring (bicyclic) bond motifs is 1. The molecular formula is C12H9NO6. The van der Waals surface area contributed by atoms with Gasteiger partial charge in [0.25, 0.3) is 5.69 Å². The Balaban J connectivity index is 2.37. The van der Waals surface area contributed by atoms with E-state index in [2.05, 4.69) is 4.74 Å². The van der Waals surface area contributed by atoms with Crippen LogP contribution < -0.4 is 4.74 Å². The van der Waals surface area contributed by atoms with E-state index in [0.29, 0.717) is 0 Å². The van der Waals surface area contributed by atoms with Gasteiger partial charge in [0.2, 0.25) is 0 Å². The molecule has 0 aliphatic carbocycles. The largest absolute Gasteiger partial charge is 0.488 e. The summed E-state index contributed by atoms with van der Waals surface area (Å²) in [5.41, 5.74) is 0.173. The van der Waals surface area contributed by atoms with E-state index in [9.17, 15) is 19.7 Å². The van der Waals surface area contributed by atoms with E-state index < -0.39 is 16.7 Å². The monoisotopic (exact) mass is 263 g/mol. The first kappa shape index (κ1) is 12.7. The highest BCUT2D eigenvalue weighted by Crippen LogP contribution is 2.30. The molecule has 0 spiro atoms. The van der Waals surface area contributed by atoms with Crippen LogP contribution in [0, 0.1) is 10.1 Å². The summed E-state index contributed by atoms with van der Waals surface area (Å²) in [5.74, 6) is -0.917. The Morgan fingerprint density at radius 3 is 2.89 bits per heavy atom. The second kappa shape index (κ2) is 4.89. The van der Waals surface area contributed by atoms with Crippen LogP contribution in [0.15, 0.2) is 29.8 Å². The van der Waals surface area contributed by atoms with Gasteiger partial charge in [-0.2, -0.15) is 0 Å². The maximum absolute atomic E-state index is 12.0. The lowest BCUT2D eigenvalue weighted by atomic mass is 10.00. The third-order valence-electron chi connectivity index (χ3n) is 2.59. The lowest BCUT2D eigenvalue weighted by Crippen LogP contribution is -2.20. The molecule has 19 heavy (non-hydrogen) atoms. The van der Waals surface area contributed by atoms with Crippen LogP contribution >= 0.6 is 0 Å². The molecule has 1 aromatic rings. The van der Waals surface area contributed by atoms with E-state index in [1.54, 1.807) is 0 Å². The zero-order valence-corrected chi connectivity index (χ0v) is 9.91. The SMILES string of the molecule is COC(=O)C=C1COc2cc([N+](=O)[O-])ccc2C1=O. The number of nitro groups is 1. The number of nitro benzene ring substituents is 1. The lowest BCUT2D eigenvalue weighted by molar-refractivity contribution is -0.384. The number of hydrogen-bond donors (Lipinski definition) is 0. The van der Waals surface area contributed by atoms with Crippen LogP contribution in [-0.4, -0.2) is 30.4 Å². The van der Waals surface area contributed by atoms with Gasteiger partial charge in [-0.25, -0.2) is 4.79 Å². The molecule has 1 aliphatic rings. The van der Waals surface area contributed by atoms with Crippen molar-refractivity contribution in [3.8, 4) is 5.75 Å². The molecule has 1 aromatic carbocycles. The van der Waals surface area contributed by atoms with Gasteiger partial charge in [-0.15, -0.1) is 0 Å². The van der Waals surface area contributed by atoms with E-state index in [1.807, 2.05) is 0 Å². The highest BCUT2D eigenvalue weighted by atomic mass is 16.6. The quantitative estimate of drug-likeness (QED) is 0.345. The molecule has 98 valence electrons. The van der Waals surface area contributed by atoms with Crippen molar-refractivity contribution in [2.45, 2.75) is 0 Å². The third-order valence-corrected chi connectivity index (χ3v) is 2.59. The number of hydrogen-bond acceptors (Lipinski definition) is 6. The van der Waals surface area contributed by atoms with E-state index in [1.165, 1.54) is 25.3 Å². The summed E-state index contributed by atoms with van der Waals surface area (Å²) in [6, 6.07) is 3.70. The fourth-order valence-electron chi connectivity index (χ4n) is 1.63. The van der Waals surface area contributed by atoms with Crippen molar-refractivity contribution in [3.63, 3.8) is 0 Å². The molecule has 0 atom stereocenters. The van der Waals surface area contributed by atoms with E-state index in [0.717, 1.165) is 6.08 Å². The van der Waals surface area contributed by atoms with Crippen molar-refractivity contribution >= 4 is 17.4 Å². The molecule has 0 bridgehead atoms. The second-order valence-corrected chi connectivity index (χ2v) is 3.75. The fraction of sp³-hybridized carbons (Fsp3) is 0.167. The van der Waals surface area contributed by atoms with Gasteiger partial charge < -0.3 is 9.47 Å². The first-order valence-electron chi connectivity index (χ1n) is 5.27. The molecule has 0 saturated heterocycles. The fourth-order valence-corrected chi connectivity index (χ4v) is 1.63. The van der Waals surface area contributed by atoms with Gasteiger partial charge in [0, 0.05) is 17.7 Å². The van der Waals surface area contributed by atoms with Crippen LogP contribution in [0.5, 0.6) is 5.75 Å². The van der Waals surface area contributed by atoms with Crippen LogP contribution in [0.4, 0.5) is 5.69 Å². The summed E-state index contributed by atoms with van der Waals surface area (Å²) < 4.78 is 9.67. The summed E-state index contributed by atoms with van der Waals surface area (Å²) >= 11 is 0. The number of ketones is 1. The number of ether oxygens (including phenoxy) is 2. The minimum Gasteiger partial charge on any atom is -0.488 e. The van der Waals surface area contributed by atoms with Crippen LogP contribution in [0.3, 0.4) is 0 Å². The van der Waals surface area contributed by atoms with Crippen LogP contribution in [0.1, 0.15) is 10.4 Å². The number of esters is 1. The third kappa shape index (κ3) is 2.44. The number of benzene rings is 1. The summed E-state index contributed by atoms with van der Waals surface area (Å²) in [5, 5.41) is 10.6. The standard InChI is InChI=1S/C12H9NO6/c1-18-11(14)4-7-6-19-10-5-8(13(16)17)2-3-9(10)12(7)15/h2-5H,6H2,1H3. The molecule has 0 radical (unpaired) electrons. The average Bonchev–Trinajstić information content (AvgIpc) is 2.41. The first-order valence-corrected chi connectivity index (χ1v) is 5.27. The van der Waals surface area contributed by atoms with Gasteiger partial charge in [-0.05, 0) is 6.07 Å². The lowest BCUT2D eigenvalue weighted by Gasteiger charge is -2.18. The molecule has 1 aliphatic heterocycles. The van der Waals surface area contributed by atoms with Gasteiger partial charge in [-0.3, -0.25) is 14.9 Å². The van der Waals surface area contributed by atoms with Crippen LogP contribution in [0.2, 0.25) is 0 Å². The van der Waals surface area contributed by atoms with Crippen molar-refractivity contribution in [1.82, 2.24) is 0 Å². The Morgan fingerprint density at radius 2 is 2.26 bits per heavy atom. The Labute approximate surface area is 107 Å². The molecule has 0 saturated carbocycles. The Kier molecular flexibility index (Phi) is 3.28. The average molecular weight is 263 g/mol. The highest BCUT2D eigenvalue weighted by Gasteiger charge is 2.26. The van der Waals surface area contributed by atoms with Gasteiger partial charge in [0.15, 0.2) is 5.78 Å². The number of nitrogens with zero attached hydrogens (tertiary/aromatic N) is 1. The minimum atomic E-state index is -0.655. The normalized spacial score (nSPS) is 15.6. The topological polar surface area (TPSA) is 95.7 Å². The predicted octanol–water partition coefficient (Wildman–Crippen LogP) is 1.27. The van der Waals surface area contributed by atoms with Crippen LogP contribution in [0.25, 0.3) is 0 Å². The highest BCUT2D eigenvalue weighted by molar-refractivity contribution is 6.13. The number of methoxy groups -OCH3 is 1. The maximum Gasteiger partial charge on any atom is 0.331 e. The number of non-ortho nitro benzene ring substituents is 1. The Hall–Kier alpha value is -2.70. The molecule has 1 heterocycles. The Bertz CT molecular complexity index is 604. The molecular weight excluding hydrogens is 254 g/mol. The number of carbonyl (C=O) groups excluding carboxylic acids is 2. The maximum atomic E-state index is 12.0. The van der Waals surface area contributed by atoms with E-state index in [-0.39, 0.29) is 29.2 Å². The molecule has 7 heteroatoms. The predicted molar refractivity (Wildman–Crippen MR) is 63.0 cm³/mol. The molecule has 0 aromatic heterocycles. The van der Waals surface area contributed by atoms with Crippen molar-refractivity contribution in [3.05, 3.63) is 45.5 Å². The van der Waals surface area contributed by atoms with Crippen molar-refractivity contribution in [1.29, 1.82) is 0 Å². The Morgan fingerprint density at radius 1 is 1.53 bits per heavy atom. The van der Waals surface area contributed by atoms with Gasteiger partial charge >= 0.3 is 5.97 Å². The smallest absolute Gasteiger partial charge is 0.331 e. The summed E-state index contributed by atoms with van der Waals surface area (Å²) in [6.45, 7) is -0.123. The zero-order valence-electron chi connectivity index (χ0n) is 9.91. The first-order chi connectivity index (χ1) is 9.02. The number of rotatable bonds is 2. The van der Waals surface area contributed by atoms with Gasteiger partial charge in [0.05, 0.1) is 23.7 Å². The number of Topliss-reactive ketones (excluding diaryl/α,β-unsaturated/α-hetero) is 1. The van der Waals surface area contributed by atoms with E-state index in [4.69, 9.17) is 4.74 Å². The van der Waals surface area contributed by atoms with Crippen molar-refractivity contribution in [2.75, 3.05) is 13.7 Å². The minimum absolute atomic E-state index is 0.123. The molecule has 0 unspecified atom stereocenters. The zero-order chi connectivity index (χ0) is 14.0. The molecule has 7 nitrogen and oxygen atoms in total. The van der Waals surface area contributed by atoms with Gasteiger partial charge in [-0.1, -0.05) is 0 Å². The van der Waals surface area contributed by atoms with E-state index >= 15 is 0 Å². The summed E-state index contributed by atoms with van der Waals surface area (Å²) in [4.78, 5) is 33.1. The molecule has 2 rings (SSSR count). The number of carbonyl (C=O) groups is 2.